The second-order valence-electron chi connectivity index (χ2n) is 5.66. The maximum absolute atomic E-state index is 12.6. The summed E-state index contributed by atoms with van der Waals surface area (Å²) in [5, 5.41) is 6.64. The van der Waals surface area contributed by atoms with Crippen molar-refractivity contribution in [3.8, 4) is 5.75 Å². The van der Waals surface area contributed by atoms with E-state index in [0.29, 0.717) is 28.7 Å². The molecule has 0 saturated heterocycles. The molecule has 1 aliphatic rings. The van der Waals surface area contributed by atoms with Crippen LogP contribution in [0, 0.1) is 0 Å². The Morgan fingerprint density at radius 2 is 2.04 bits per heavy atom. The smallest absolute Gasteiger partial charge is 0.338 e. The van der Waals surface area contributed by atoms with Crippen LogP contribution in [0.1, 0.15) is 44.7 Å². The van der Waals surface area contributed by atoms with Crippen molar-refractivity contribution >= 4 is 23.3 Å². The topological polar surface area (TPSA) is 59.6 Å². The van der Waals surface area contributed by atoms with Crippen molar-refractivity contribution in [2.45, 2.75) is 39.2 Å². The molecule has 0 spiro atoms. The van der Waals surface area contributed by atoms with Gasteiger partial charge in [-0.1, -0.05) is 38.0 Å². The fraction of sp³-hybridized carbons (Fsp3) is 0.444. The van der Waals surface area contributed by atoms with Crippen molar-refractivity contribution in [1.29, 1.82) is 0 Å². The van der Waals surface area contributed by atoms with E-state index in [1.807, 2.05) is 31.2 Å². The largest absolute Gasteiger partial charge is 0.496 e. The highest BCUT2D eigenvalue weighted by molar-refractivity contribution is 7.80. The molecular weight excluding hydrogens is 324 g/mol. The monoisotopic (exact) mass is 348 g/mol. The fourth-order valence-corrected chi connectivity index (χ4v) is 2.97. The standard InChI is InChI=1S/C18H24N2O3S/c1-4-5-8-11-23-17(21)15-12(2)19-18(24)20-16(15)13-9-6-7-10-14(13)22-3/h6-7,9-10,16H,4-5,8,11H2,1-3H3,(H2,19,20,24)/t16-/m0/s1. The Balaban J connectivity index is 2.28. The van der Waals surface area contributed by atoms with Crippen LogP contribution in [0.3, 0.4) is 0 Å². The minimum atomic E-state index is -0.395. The second-order valence-corrected chi connectivity index (χ2v) is 6.06. The average molecular weight is 348 g/mol. The summed E-state index contributed by atoms with van der Waals surface area (Å²) in [4.78, 5) is 12.6. The summed E-state index contributed by atoms with van der Waals surface area (Å²) >= 11 is 5.25. The lowest BCUT2D eigenvalue weighted by Crippen LogP contribution is -2.45. The van der Waals surface area contributed by atoms with Gasteiger partial charge in [-0.15, -0.1) is 0 Å². The fourth-order valence-electron chi connectivity index (χ4n) is 2.70. The molecule has 0 amide bonds. The molecule has 0 aromatic heterocycles. The van der Waals surface area contributed by atoms with Crippen molar-refractivity contribution in [2.24, 2.45) is 0 Å². The van der Waals surface area contributed by atoms with Gasteiger partial charge in [0.05, 0.1) is 25.3 Å². The molecule has 0 saturated carbocycles. The number of para-hydroxylation sites is 1. The zero-order valence-corrected chi connectivity index (χ0v) is 15.2. The van der Waals surface area contributed by atoms with Gasteiger partial charge < -0.3 is 20.1 Å². The van der Waals surface area contributed by atoms with Crippen LogP contribution in [-0.4, -0.2) is 24.8 Å². The molecule has 1 aromatic rings. The Hall–Kier alpha value is -2.08. The van der Waals surface area contributed by atoms with Crippen molar-refractivity contribution in [1.82, 2.24) is 10.6 Å². The van der Waals surface area contributed by atoms with Crippen molar-refractivity contribution in [2.75, 3.05) is 13.7 Å². The molecule has 0 radical (unpaired) electrons. The number of carbonyl (C=O) groups excluding carboxylic acids is 1. The van der Waals surface area contributed by atoms with Gasteiger partial charge >= 0.3 is 5.97 Å². The summed E-state index contributed by atoms with van der Waals surface area (Å²) in [6.45, 7) is 4.37. The number of esters is 1. The van der Waals surface area contributed by atoms with Gasteiger partial charge in [0.1, 0.15) is 5.75 Å². The van der Waals surface area contributed by atoms with E-state index in [2.05, 4.69) is 17.6 Å². The third-order valence-electron chi connectivity index (χ3n) is 3.92. The molecule has 1 aliphatic heterocycles. The molecule has 0 fully saturated rings. The number of unbranched alkanes of at least 4 members (excludes halogenated alkanes) is 2. The number of methoxy groups -OCH3 is 1. The van der Waals surface area contributed by atoms with E-state index >= 15 is 0 Å². The summed E-state index contributed by atoms with van der Waals surface area (Å²) in [5.41, 5.74) is 2.09. The van der Waals surface area contributed by atoms with Crippen LogP contribution in [0.5, 0.6) is 5.75 Å². The minimum Gasteiger partial charge on any atom is -0.496 e. The van der Waals surface area contributed by atoms with E-state index in [0.717, 1.165) is 24.8 Å². The number of thiocarbonyl (C=S) groups is 1. The van der Waals surface area contributed by atoms with E-state index in [1.54, 1.807) is 7.11 Å². The molecule has 1 heterocycles. The molecule has 1 atom stereocenters. The third-order valence-corrected chi connectivity index (χ3v) is 4.14. The number of nitrogens with one attached hydrogen (secondary N) is 2. The van der Waals surface area contributed by atoms with E-state index in [4.69, 9.17) is 21.7 Å². The molecule has 1 aromatic carbocycles. The molecule has 2 N–H and O–H groups in total. The van der Waals surface area contributed by atoms with Crippen molar-refractivity contribution < 1.29 is 14.3 Å². The lowest BCUT2D eigenvalue weighted by Gasteiger charge is -2.30. The molecule has 24 heavy (non-hydrogen) atoms. The first-order chi connectivity index (χ1) is 11.6. The summed E-state index contributed by atoms with van der Waals surface area (Å²) in [5.74, 6) is 0.366. The highest BCUT2D eigenvalue weighted by Crippen LogP contribution is 2.33. The number of ether oxygens (including phenoxy) is 2. The number of benzene rings is 1. The van der Waals surface area contributed by atoms with Gasteiger partial charge in [0.15, 0.2) is 5.11 Å². The Morgan fingerprint density at radius 1 is 1.29 bits per heavy atom. The predicted molar refractivity (Wildman–Crippen MR) is 97.8 cm³/mol. The summed E-state index contributed by atoms with van der Waals surface area (Å²) in [6, 6.07) is 7.18. The zero-order valence-electron chi connectivity index (χ0n) is 14.3. The number of carbonyl (C=O) groups is 1. The van der Waals surface area contributed by atoms with Crippen molar-refractivity contribution in [3.05, 3.63) is 41.1 Å². The quantitative estimate of drug-likeness (QED) is 0.448. The van der Waals surface area contributed by atoms with Gasteiger partial charge in [-0.2, -0.15) is 0 Å². The minimum absolute atomic E-state index is 0.331. The normalized spacial score (nSPS) is 17.1. The molecule has 0 aliphatic carbocycles. The molecule has 6 heteroatoms. The van der Waals surface area contributed by atoms with Crippen molar-refractivity contribution in [3.63, 3.8) is 0 Å². The first kappa shape index (κ1) is 18.3. The van der Waals surface area contributed by atoms with Crippen LogP contribution in [-0.2, 0) is 9.53 Å². The number of rotatable bonds is 7. The van der Waals surface area contributed by atoms with Crippen LogP contribution < -0.4 is 15.4 Å². The first-order valence-corrected chi connectivity index (χ1v) is 8.57. The van der Waals surface area contributed by atoms with Gasteiger partial charge in [0, 0.05) is 11.3 Å². The number of allylic oxidation sites excluding steroid dienone is 1. The maximum atomic E-state index is 12.6. The van der Waals surface area contributed by atoms with Gasteiger partial charge in [-0.25, -0.2) is 4.79 Å². The van der Waals surface area contributed by atoms with Gasteiger partial charge in [0.2, 0.25) is 0 Å². The van der Waals surface area contributed by atoms with Gasteiger partial charge in [-0.05, 0) is 31.6 Å². The molecule has 0 unspecified atom stereocenters. The summed E-state index contributed by atoms with van der Waals surface area (Å²) in [7, 11) is 1.61. The Bertz CT molecular complexity index is 643. The van der Waals surface area contributed by atoms with E-state index < -0.39 is 6.04 Å². The maximum Gasteiger partial charge on any atom is 0.338 e. The van der Waals surface area contributed by atoms with Gasteiger partial charge in [-0.3, -0.25) is 0 Å². The number of hydrogen-bond acceptors (Lipinski definition) is 4. The first-order valence-electron chi connectivity index (χ1n) is 8.16. The predicted octanol–water partition coefficient (Wildman–Crippen LogP) is 3.22. The molecule has 130 valence electrons. The summed E-state index contributed by atoms with van der Waals surface area (Å²) in [6.07, 6.45) is 3.00. The second kappa shape index (κ2) is 8.68. The number of hydrogen-bond donors (Lipinski definition) is 2. The van der Waals surface area contributed by atoms with Crippen LogP contribution in [0.25, 0.3) is 0 Å². The van der Waals surface area contributed by atoms with Crippen LogP contribution >= 0.6 is 12.2 Å². The SMILES string of the molecule is CCCCCOC(=O)C1=C(C)NC(=S)N[C@H]1c1ccccc1OC. The van der Waals surface area contributed by atoms with Crippen LogP contribution in [0.2, 0.25) is 0 Å². The van der Waals surface area contributed by atoms with E-state index in [1.165, 1.54) is 0 Å². The zero-order chi connectivity index (χ0) is 17.5. The Morgan fingerprint density at radius 3 is 2.75 bits per heavy atom. The van der Waals surface area contributed by atoms with Crippen LogP contribution in [0.4, 0.5) is 0 Å². The highest BCUT2D eigenvalue weighted by Gasteiger charge is 2.32. The lowest BCUT2D eigenvalue weighted by molar-refractivity contribution is -0.139. The molecule has 2 rings (SSSR count). The average Bonchev–Trinajstić information content (AvgIpc) is 2.57. The Kier molecular flexibility index (Phi) is 6.61. The van der Waals surface area contributed by atoms with E-state index in [9.17, 15) is 4.79 Å². The lowest BCUT2D eigenvalue weighted by atomic mass is 9.95. The Labute approximate surface area is 148 Å². The third kappa shape index (κ3) is 4.26. The van der Waals surface area contributed by atoms with E-state index in [-0.39, 0.29) is 5.97 Å². The highest BCUT2D eigenvalue weighted by atomic mass is 32.1. The molecule has 5 nitrogen and oxygen atoms in total. The van der Waals surface area contributed by atoms with Crippen LogP contribution in [0.15, 0.2) is 35.5 Å². The van der Waals surface area contributed by atoms with Gasteiger partial charge in [0.25, 0.3) is 0 Å². The summed E-state index contributed by atoms with van der Waals surface area (Å²) < 4.78 is 10.9. The molecular formula is C18H24N2O3S. The molecule has 0 bridgehead atoms.